The van der Waals surface area contributed by atoms with Crippen molar-refractivity contribution in [2.24, 2.45) is 11.5 Å². The van der Waals surface area contributed by atoms with Crippen molar-refractivity contribution in [2.45, 2.75) is 18.5 Å². The molecule has 2 heteroatoms. The van der Waals surface area contributed by atoms with Crippen molar-refractivity contribution in [3.05, 3.63) is 53.1 Å². The predicted octanol–water partition coefficient (Wildman–Crippen LogP) is 1.87. The minimum absolute atomic E-state index is 0.753. The molecule has 2 aliphatic carbocycles. The Morgan fingerprint density at radius 2 is 1.93 bits per heavy atom. The van der Waals surface area contributed by atoms with Gasteiger partial charge < -0.3 is 11.5 Å². The van der Waals surface area contributed by atoms with E-state index in [9.17, 15) is 0 Å². The number of hydrogen-bond acceptors (Lipinski definition) is 2. The van der Waals surface area contributed by atoms with Gasteiger partial charge in [-0.3, -0.25) is 0 Å². The van der Waals surface area contributed by atoms with Gasteiger partial charge in [0.25, 0.3) is 0 Å². The van der Waals surface area contributed by atoms with Gasteiger partial charge in [-0.05, 0) is 35.1 Å². The second-order valence-corrected chi connectivity index (χ2v) is 4.25. The van der Waals surface area contributed by atoms with Gasteiger partial charge in [0.05, 0.1) is 0 Å². The number of benzene rings is 1. The molecule has 1 aromatic rings. The van der Waals surface area contributed by atoms with E-state index in [2.05, 4.69) is 18.2 Å². The lowest BCUT2D eigenvalue weighted by Crippen LogP contribution is -2.46. The molecule has 0 radical (unpaired) electrons. The van der Waals surface area contributed by atoms with Crippen LogP contribution in [0.15, 0.2) is 42.0 Å². The quantitative estimate of drug-likeness (QED) is 0.625. The van der Waals surface area contributed by atoms with Gasteiger partial charge in [-0.1, -0.05) is 36.4 Å². The third kappa shape index (κ3) is 1.06. The number of allylic oxidation sites excluding steroid dienone is 3. The van der Waals surface area contributed by atoms with Crippen molar-refractivity contribution in [1.29, 1.82) is 0 Å². The summed E-state index contributed by atoms with van der Waals surface area (Å²) in [5.41, 5.74) is 16.4. The van der Waals surface area contributed by atoms with Crippen molar-refractivity contribution in [1.82, 2.24) is 0 Å². The SMILES string of the molecule is NC1(N)C2=C(C=CCC2)c2ccccc21. The summed E-state index contributed by atoms with van der Waals surface area (Å²) >= 11 is 0. The average Bonchev–Trinajstić information content (AvgIpc) is 2.51. The van der Waals surface area contributed by atoms with Crippen molar-refractivity contribution in [2.75, 3.05) is 0 Å². The number of fused-ring (bicyclic) bond motifs is 2. The molecule has 0 aromatic heterocycles. The molecule has 0 unspecified atom stereocenters. The van der Waals surface area contributed by atoms with Gasteiger partial charge in [-0.2, -0.15) is 0 Å². The summed E-state index contributed by atoms with van der Waals surface area (Å²) in [7, 11) is 0. The maximum atomic E-state index is 6.23. The average molecular weight is 198 g/mol. The molecular formula is C13H14N2. The van der Waals surface area contributed by atoms with Crippen molar-refractivity contribution in [3.63, 3.8) is 0 Å². The summed E-state index contributed by atoms with van der Waals surface area (Å²) in [4.78, 5) is 0. The molecule has 0 fully saturated rings. The number of hydrogen-bond donors (Lipinski definition) is 2. The summed E-state index contributed by atoms with van der Waals surface area (Å²) < 4.78 is 0. The van der Waals surface area contributed by atoms with Crippen molar-refractivity contribution >= 4 is 5.57 Å². The molecule has 0 bridgehead atoms. The summed E-state index contributed by atoms with van der Waals surface area (Å²) in [6.07, 6.45) is 6.37. The molecule has 1 aromatic carbocycles. The van der Waals surface area contributed by atoms with Crippen LogP contribution in [0.2, 0.25) is 0 Å². The van der Waals surface area contributed by atoms with Crippen LogP contribution >= 0.6 is 0 Å². The molecule has 0 saturated carbocycles. The standard InChI is InChI=1S/C13H14N2/c14-13(15)11-7-3-1-5-9(11)10-6-2-4-8-12(10)13/h1-3,5-7H,4,8,14-15H2. The van der Waals surface area contributed by atoms with Gasteiger partial charge in [0, 0.05) is 0 Å². The first-order chi connectivity index (χ1) is 7.21. The van der Waals surface area contributed by atoms with E-state index >= 15 is 0 Å². The lowest BCUT2D eigenvalue weighted by atomic mass is 9.92. The zero-order valence-electron chi connectivity index (χ0n) is 8.53. The first-order valence-corrected chi connectivity index (χ1v) is 5.29. The van der Waals surface area contributed by atoms with E-state index in [0.717, 1.165) is 18.4 Å². The maximum Gasteiger partial charge on any atom is 0.114 e. The zero-order chi connectivity index (χ0) is 10.5. The van der Waals surface area contributed by atoms with Crippen LogP contribution in [0, 0.1) is 0 Å². The Kier molecular flexibility index (Phi) is 1.67. The van der Waals surface area contributed by atoms with Gasteiger partial charge >= 0.3 is 0 Å². The van der Waals surface area contributed by atoms with E-state index in [1.807, 2.05) is 18.2 Å². The highest BCUT2D eigenvalue weighted by Crippen LogP contribution is 2.44. The Hall–Kier alpha value is -1.38. The van der Waals surface area contributed by atoms with Gasteiger partial charge in [0.2, 0.25) is 0 Å². The second kappa shape index (κ2) is 2.81. The molecule has 15 heavy (non-hydrogen) atoms. The molecule has 0 aliphatic heterocycles. The van der Waals surface area contributed by atoms with E-state index < -0.39 is 5.66 Å². The van der Waals surface area contributed by atoms with Gasteiger partial charge in [-0.15, -0.1) is 0 Å². The first-order valence-electron chi connectivity index (χ1n) is 5.29. The number of nitrogens with two attached hydrogens (primary N) is 2. The lowest BCUT2D eigenvalue weighted by Gasteiger charge is -2.25. The highest BCUT2D eigenvalue weighted by atomic mass is 15.0. The van der Waals surface area contributed by atoms with Crippen molar-refractivity contribution in [3.8, 4) is 0 Å². The fraction of sp³-hybridized carbons (Fsp3) is 0.231. The summed E-state index contributed by atoms with van der Waals surface area (Å²) in [6, 6.07) is 8.16. The van der Waals surface area contributed by atoms with Gasteiger partial charge in [-0.25, -0.2) is 0 Å². The normalized spacial score (nSPS) is 21.5. The highest BCUT2D eigenvalue weighted by Gasteiger charge is 2.38. The van der Waals surface area contributed by atoms with Crippen LogP contribution in [0.5, 0.6) is 0 Å². The third-order valence-electron chi connectivity index (χ3n) is 3.33. The second-order valence-electron chi connectivity index (χ2n) is 4.25. The smallest absolute Gasteiger partial charge is 0.114 e. The fourth-order valence-electron chi connectivity index (χ4n) is 2.59. The van der Waals surface area contributed by atoms with Crippen LogP contribution < -0.4 is 11.5 Å². The summed E-state index contributed by atoms with van der Waals surface area (Å²) in [5, 5.41) is 0. The number of rotatable bonds is 0. The fourth-order valence-corrected chi connectivity index (χ4v) is 2.59. The highest BCUT2D eigenvalue weighted by molar-refractivity contribution is 5.86. The van der Waals surface area contributed by atoms with E-state index in [1.54, 1.807) is 0 Å². The van der Waals surface area contributed by atoms with Gasteiger partial charge in [0.1, 0.15) is 5.66 Å². The molecule has 4 N–H and O–H groups in total. The monoisotopic (exact) mass is 198 g/mol. The Labute approximate surface area is 89.3 Å². The molecule has 0 atom stereocenters. The summed E-state index contributed by atoms with van der Waals surface area (Å²) in [5.74, 6) is 0. The third-order valence-corrected chi connectivity index (χ3v) is 3.33. The van der Waals surface area contributed by atoms with E-state index in [0.29, 0.717) is 0 Å². The molecule has 0 saturated heterocycles. The minimum Gasteiger partial charge on any atom is -0.306 e. The van der Waals surface area contributed by atoms with E-state index in [1.165, 1.54) is 16.7 Å². The Bertz CT molecular complexity index is 481. The van der Waals surface area contributed by atoms with E-state index in [-0.39, 0.29) is 0 Å². The topological polar surface area (TPSA) is 52.0 Å². The zero-order valence-corrected chi connectivity index (χ0v) is 8.53. The summed E-state index contributed by atoms with van der Waals surface area (Å²) in [6.45, 7) is 0. The van der Waals surface area contributed by atoms with Crippen LogP contribution in [0.25, 0.3) is 5.57 Å². The Balaban J connectivity index is 2.30. The lowest BCUT2D eigenvalue weighted by molar-refractivity contribution is 0.542. The molecular weight excluding hydrogens is 184 g/mol. The Morgan fingerprint density at radius 1 is 1.13 bits per heavy atom. The largest absolute Gasteiger partial charge is 0.306 e. The molecule has 0 amide bonds. The van der Waals surface area contributed by atoms with Crippen LogP contribution in [0.1, 0.15) is 24.0 Å². The molecule has 76 valence electrons. The molecule has 0 heterocycles. The van der Waals surface area contributed by atoms with Crippen LogP contribution in [0.4, 0.5) is 0 Å². The van der Waals surface area contributed by atoms with Crippen molar-refractivity contribution < 1.29 is 0 Å². The minimum atomic E-state index is -0.753. The molecule has 3 rings (SSSR count). The van der Waals surface area contributed by atoms with Gasteiger partial charge in [0.15, 0.2) is 0 Å². The van der Waals surface area contributed by atoms with Crippen LogP contribution in [-0.2, 0) is 5.66 Å². The van der Waals surface area contributed by atoms with E-state index in [4.69, 9.17) is 11.5 Å². The predicted molar refractivity (Wildman–Crippen MR) is 61.8 cm³/mol. The first kappa shape index (κ1) is 8.89. The van der Waals surface area contributed by atoms with Crippen LogP contribution in [0.3, 0.4) is 0 Å². The molecule has 2 nitrogen and oxygen atoms in total. The molecule has 2 aliphatic rings. The van der Waals surface area contributed by atoms with Crippen LogP contribution in [-0.4, -0.2) is 0 Å². The maximum absolute atomic E-state index is 6.23. The molecule has 0 spiro atoms. The Morgan fingerprint density at radius 3 is 2.80 bits per heavy atom.